The van der Waals surface area contributed by atoms with Crippen LogP contribution in [0, 0.1) is 6.92 Å². The predicted molar refractivity (Wildman–Crippen MR) is 101 cm³/mol. The van der Waals surface area contributed by atoms with E-state index in [0.717, 1.165) is 11.3 Å². The molecule has 26 heavy (non-hydrogen) atoms. The standard InChI is InChI=1S/C17H13ClN6OS/c1-10-3-2-4-13-15(10)19-14(20-16(13)25)9-26-17-21-22-23-24(17)12-7-5-11(18)6-8-12/h2-8H,9H2,1H3,(H,19,20,25). The van der Waals surface area contributed by atoms with Crippen molar-refractivity contribution in [2.45, 2.75) is 17.8 Å². The van der Waals surface area contributed by atoms with Crippen molar-refractivity contribution in [3.8, 4) is 5.69 Å². The lowest BCUT2D eigenvalue weighted by Gasteiger charge is -2.06. The first-order valence-electron chi connectivity index (χ1n) is 7.77. The van der Waals surface area contributed by atoms with Crippen LogP contribution in [0.4, 0.5) is 0 Å². The second-order valence-electron chi connectivity index (χ2n) is 5.62. The number of H-pyrrole nitrogens is 1. The number of rotatable bonds is 4. The number of aromatic amines is 1. The molecule has 0 saturated carbocycles. The van der Waals surface area contributed by atoms with Crippen molar-refractivity contribution in [2.24, 2.45) is 0 Å². The van der Waals surface area contributed by atoms with Crippen LogP contribution in [0.3, 0.4) is 0 Å². The lowest BCUT2D eigenvalue weighted by atomic mass is 10.1. The summed E-state index contributed by atoms with van der Waals surface area (Å²) in [6.07, 6.45) is 0. The van der Waals surface area contributed by atoms with Crippen LogP contribution in [0.5, 0.6) is 0 Å². The van der Waals surface area contributed by atoms with E-state index in [2.05, 4.69) is 25.5 Å². The van der Waals surface area contributed by atoms with Crippen molar-refractivity contribution in [1.29, 1.82) is 0 Å². The van der Waals surface area contributed by atoms with Crippen LogP contribution in [-0.4, -0.2) is 30.2 Å². The summed E-state index contributed by atoms with van der Waals surface area (Å²) in [4.78, 5) is 19.7. The first-order valence-corrected chi connectivity index (χ1v) is 9.14. The lowest BCUT2D eigenvalue weighted by molar-refractivity contribution is 0.756. The molecule has 0 bridgehead atoms. The molecule has 130 valence electrons. The van der Waals surface area contributed by atoms with Gasteiger partial charge in [0.2, 0.25) is 5.16 Å². The number of fused-ring (bicyclic) bond motifs is 1. The number of thioether (sulfide) groups is 1. The zero-order valence-corrected chi connectivity index (χ0v) is 15.3. The van der Waals surface area contributed by atoms with Gasteiger partial charge in [0.25, 0.3) is 5.56 Å². The molecule has 2 aromatic carbocycles. The quantitative estimate of drug-likeness (QED) is 0.543. The molecule has 0 aliphatic heterocycles. The monoisotopic (exact) mass is 384 g/mol. The molecular weight excluding hydrogens is 372 g/mol. The lowest BCUT2D eigenvalue weighted by Crippen LogP contribution is -2.12. The third-order valence-electron chi connectivity index (χ3n) is 3.84. The van der Waals surface area contributed by atoms with Crippen LogP contribution in [-0.2, 0) is 5.75 Å². The van der Waals surface area contributed by atoms with Crippen LogP contribution in [0.1, 0.15) is 11.4 Å². The summed E-state index contributed by atoms with van der Waals surface area (Å²) in [5, 5.41) is 13.6. The van der Waals surface area contributed by atoms with Gasteiger partial charge in [0, 0.05) is 5.02 Å². The topological polar surface area (TPSA) is 89.4 Å². The van der Waals surface area contributed by atoms with Crippen molar-refractivity contribution in [2.75, 3.05) is 0 Å². The predicted octanol–water partition coefficient (Wildman–Crippen LogP) is 3.15. The molecule has 4 aromatic rings. The highest BCUT2D eigenvalue weighted by Gasteiger charge is 2.11. The van der Waals surface area contributed by atoms with Crippen molar-refractivity contribution in [3.05, 3.63) is 69.2 Å². The SMILES string of the molecule is Cc1cccc2c(=O)[nH]c(CSc3nnnn3-c3ccc(Cl)cc3)nc12. The van der Waals surface area contributed by atoms with E-state index in [1.165, 1.54) is 11.8 Å². The van der Waals surface area contributed by atoms with Crippen LogP contribution in [0.25, 0.3) is 16.6 Å². The molecule has 0 spiro atoms. The Hall–Kier alpha value is -2.71. The normalized spacial score (nSPS) is 11.2. The summed E-state index contributed by atoms with van der Waals surface area (Å²) >= 11 is 7.31. The fraction of sp³-hybridized carbons (Fsp3) is 0.118. The van der Waals surface area contributed by atoms with Gasteiger partial charge in [0.15, 0.2) is 0 Å². The highest BCUT2D eigenvalue weighted by Crippen LogP contribution is 2.22. The third kappa shape index (κ3) is 3.21. The second kappa shape index (κ2) is 6.89. The van der Waals surface area contributed by atoms with Gasteiger partial charge in [-0.15, -0.1) is 5.10 Å². The molecule has 1 N–H and O–H groups in total. The highest BCUT2D eigenvalue weighted by atomic mass is 35.5. The fourth-order valence-corrected chi connectivity index (χ4v) is 3.45. The Kier molecular flexibility index (Phi) is 4.44. The van der Waals surface area contributed by atoms with Gasteiger partial charge >= 0.3 is 0 Å². The van der Waals surface area contributed by atoms with Crippen molar-refractivity contribution in [3.63, 3.8) is 0 Å². The summed E-state index contributed by atoms with van der Waals surface area (Å²) < 4.78 is 1.62. The summed E-state index contributed by atoms with van der Waals surface area (Å²) in [5.41, 5.74) is 2.33. The zero-order valence-electron chi connectivity index (χ0n) is 13.7. The van der Waals surface area contributed by atoms with E-state index in [1.807, 2.05) is 31.2 Å². The van der Waals surface area contributed by atoms with Gasteiger partial charge in [-0.05, 0) is 53.2 Å². The summed E-state index contributed by atoms with van der Waals surface area (Å²) in [6, 6.07) is 12.8. The number of nitrogens with zero attached hydrogens (tertiary/aromatic N) is 5. The van der Waals surface area contributed by atoms with Gasteiger partial charge in [-0.25, -0.2) is 4.98 Å². The Morgan fingerprint density at radius 1 is 1.19 bits per heavy atom. The van der Waals surface area contributed by atoms with E-state index in [9.17, 15) is 4.79 Å². The van der Waals surface area contributed by atoms with Crippen LogP contribution in [0.15, 0.2) is 52.4 Å². The molecule has 0 unspecified atom stereocenters. The Morgan fingerprint density at radius 2 is 2.00 bits per heavy atom. The average Bonchev–Trinajstić information content (AvgIpc) is 3.10. The number of hydrogen-bond donors (Lipinski definition) is 1. The molecule has 4 rings (SSSR count). The molecule has 0 saturated heterocycles. The third-order valence-corrected chi connectivity index (χ3v) is 5.02. The van der Waals surface area contributed by atoms with Crippen molar-refractivity contribution in [1.82, 2.24) is 30.2 Å². The molecule has 0 radical (unpaired) electrons. The summed E-state index contributed by atoms with van der Waals surface area (Å²) in [5.74, 6) is 1.01. The molecule has 0 aliphatic rings. The number of hydrogen-bond acceptors (Lipinski definition) is 6. The Bertz CT molecular complexity index is 1140. The number of para-hydroxylation sites is 1. The average molecular weight is 385 g/mol. The van der Waals surface area contributed by atoms with E-state index in [1.54, 1.807) is 22.9 Å². The molecule has 0 fully saturated rings. The fourth-order valence-electron chi connectivity index (χ4n) is 2.57. The maximum atomic E-state index is 12.3. The number of benzene rings is 2. The minimum Gasteiger partial charge on any atom is -0.309 e. The molecule has 0 atom stereocenters. The second-order valence-corrected chi connectivity index (χ2v) is 7.00. The van der Waals surface area contributed by atoms with E-state index in [0.29, 0.717) is 32.7 Å². The van der Waals surface area contributed by atoms with Gasteiger partial charge in [0.1, 0.15) is 5.82 Å². The molecule has 9 heteroatoms. The van der Waals surface area contributed by atoms with Gasteiger partial charge in [-0.2, -0.15) is 4.68 Å². The number of aromatic nitrogens is 6. The minimum absolute atomic E-state index is 0.147. The molecule has 0 aliphatic carbocycles. The van der Waals surface area contributed by atoms with Crippen LogP contribution < -0.4 is 5.56 Å². The van der Waals surface area contributed by atoms with E-state index >= 15 is 0 Å². The first kappa shape index (κ1) is 16.7. The molecule has 2 aromatic heterocycles. The molecule has 0 amide bonds. The first-order chi connectivity index (χ1) is 12.6. The largest absolute Gasteiger partial charge is 0.309 e. The highest BCUT2D eigenvalue weighted by molar-refractivity contribution is 7.98. The van der Waals surface area contributed by atoms with E-state index in [4.69, 9.17) is 11.6 Å². The van der Waals surface area contributed by atoms with Crippen molar-refractivity contribution >= 4 is 34.3 Å². The maximum absolute atomic E-state index is 12.3. The summed E-state index contributed by atoms with van der Waals surface area (Å²) in [6.45, 7) is 1.94. The Labute approximate surface area is 157 Å². The Balaban J connectivity index is 1.62. The number of nitrogens with one attached hydrogen (secondary N) is 1. The zero-order chi connectivity index (χ0) is 18.1. The summed E-state index contributed by atoms with van der Waals surface area (Å²) in [7, 11) is 0. The Morgan fingerprint density at radius 3 is 2.81 bits per heavy atom. The smallest absolute Gasteiger partial charge is 0.258 e. The molecule has 2 heterocycles. The molecular formula is C17H13ClN6OS. The molecule has 7 nitrogen and oxygen atoms in total. The van der Waals surface area contributed by atoms with Crippen LogP contribution >= 0.6 is 23.4 Å². The minimum atomic E-state index is -0.147. The van der Waals surface area contributed by atoms with E-state index in [-0.39, 0.29) is 5.56 Å². The number of aryl methyl sites for hydroxylation is 1. The number of tetrazole rings is 1. The van der Waals surface area contributed by atoms with Gasteiger partial charge in [-0.3, -0.25) is 4.79 Å². The van der Waals surface area contributed by atoms with Gasteiger partial charge < -0.3 is 4.98 Å². The number of halogens is 1. The van der Waals surface area contributed by atoms with Crippen LogP contribution in [0.2, 0.25) is 5.02 Å². The van der Waals surface area contributed by atoms with Crippen molar-refractivity contribution < 1.29 is 0 Å². The van der Waals surface area contributed by atoms with Gasteiger partial charge in [-0.1, -0.05) is 35.5 Å². The van der Waals surface area contributed by atoms with Gasteiger partial charge in [0.05, 0.1) is 22.3 Å². The van der Waals surface area contributed by atoms with E-state index < -0.39 is 0 Å². The maximum Gasteiger partial charge on any atom is 0.258 e.